The minimum absolute atomic E-state index is 0.0460. The van der Waals surface area contributed by atoms with Gasteiger partial charge in [-0.3, -0.25) is 4.90 Å². The summed E-state index contributed by atoms with van der Waals surface area (Å²) < 4.78 is 11.7. The molecule has 3 aliphatic rings. The van der Waals surface area contributed by atoms with Gasteiger partial charge in [-0.2, -0.15) is 0 Å². The molecule has 5 rings (SSSR count). The zero-order chi connectivity index (χ0) is 23.5. The number of allylic oxidation sites excluding steroid dienone is 1. The molecule has 34 heavy (non-hydrogen) atoms. The fourth-order valence-corrected chi connectivity index (χ4v) is 6.16. The summed E-state index contributed by atoms with van der Waals surface area (Å²) in [4.78, 5) is 15.1. The van der Waals surface area contributed by atoms with Crippen molar-refractivity contribution >= 4 is 6.09 Å². The average Bonchev–Trinajstić information content (AvgIpc) is 3.15. The van der Waals surface area contributed by atoms with Crippen LogP contribution >= 0.6 is 0 Å². The van der Waals surface area contributed by atoms with E-state index >= 15 is 0 Å². The van der Waals surface area contributed by atoms with Crippen molar-refractivity contribution in [2.45, 2.75) is 68.5 Å². The molecule has 2 unspecified atom stereocenters. The number of rotatable bonds is 8. The molecular weight excluding hydrogens is 426 g/mol. The van der Waals surface area contributed by atoms with Crippen molar-refractivity contribution in [3.05, 3.63) is 72.3 Å². The maximum atomic E-state index is 13.3. The van der Waals surface area contributed by atoms with Gasteiger partial charge < -0.3 is 14.6 Å². The standard InChI is InChI=1S/C29H35NO4/c1-2-3-4-5-10-15-29(32)16-21-18-33-19-22(17-29)30(21)28(31)34-20-27-25-13-8-6-11-23(25)24-12-7-9-14-26(24)27/h2,6-9,11-14,21-22,27,32H,1,3-5,10,15-20H2. The number of hydrogen-bond acceptors (Lipinski definition) is 4. The van der Waals surface area contributed by atoms with Crippen LogP contribution in [0.15, 0.2) is 61.2 Å². The predicted octanol–water partition coefficient (Wildman–Crippen LogP) is 5.67. The molecule has 2 bridgehead atoms. The van der Waals surface area contributed by atoms with E-state index in [0.29, 0.717) is 32.7 Å². The van der Waals surface area contributed by atoms with Gasteiger partial charge in [0.15, 0.2) is 0 Å². The van der Waals surface area contributed by atoms with Crippen LogP contribution in [0.4, 0.5) is 4.79 Å². The fourth-order valence-electron chi connectivity index (χ4n) is 6.16. The van der Waals surface area contributed by atoms with E-state index in [9.17, 15) is 9.90 Å². The Hall–Kier alpha value is -2.63. The van der Waals surface area contributed by atoms with Gasteiger partial charge in [-0.05, 0) is 54.4 Å². The summed E-state index contributed by atoms with van der Waals surface area (Å²) >= 11 is 0. The zero-order valence-electron chi connectivity index (χ0n) is 19.8. The summed E-state index contributed by atoms with van der Waals surface area (Å²) in [6.45, 7) is 5.01. The van der Waals surface area contributed by atoms with Gasteiger partial charge >= 0.3 is 6.09 Å². The molecule has 2 atom stereocenters. The van der Waals surface area contributed by atoms with E-state index in [1.807, 2.05) is 23.1 Å². The molecule has 1 N–H and O–H groups in total. The Balaban J connectivity index is 1.23. The predicted molar refractivity (Wildman–Crippen MR) is 133 cm³/mol. The Labute approximate surface area is 202 Å². The smallest absolute Gasteiger partial charge is 0.410 e. The quantitative estimate of drug-likeness (QED) is 0.407. The maximum absolute atomic E-state index is 13.3. The minimum atomic E-state index is -0.729. The second-order valence-electron chi connectivity index (χ2n) is 10.1. The van der Waals surface area contributed by atoms with E-state index in [2.05, 4.69) is 43.0 Å². The van der Waals surface area contributed by atoms with Gasteiger partial charge in [0.1, 0.15) is 6.61 Å². The average molecular weight is 462 g/mol. The number of hydrogen-bond donors (Lipinski definition) is 1. The number of aliphatic hydroxyl groups is 1. The SMILES string of the molecule is C=CCCCCCC1(O)CC2COCC(C1)N2C(=O)OCC1c2ccccc2-c2ccccc21. The van der Waals surface area contributed by atoms with Crippen molar-refractivity contribution in [3.8, 4) is 11.1 Å². The molecule has 2 aliphatic heterocycles. The van der Waals surface area contributed by atoms with Crippen molar-refractivity contribution in [1.82, 2.24) is 4.90 Å². The summed E-state index contributed by atoms with van der Waals surface area (Å²) in [6, 6.07) is 16.5. The summed E-state index contributed by atoms with van der Waals surface area (Å²) in [5.41, 5.74) is 4.14. The Morgan fingerprint density at radius 1 is 1.03 bits per heavy atom. The lowest BCUT2D eigenvalue weighted by Gasteiger charge is -2.51. The van der Waals surface area contributed by atoms with Gasteiger partial charge in [0.05, 0.1) is 30.9 Å². The van der Waals surface area contributed by atoms with E-state index in [1.54, 1.807) is 0 Å². The molecule has 0 spiro atoms. The highest BCUT2D eigenvalue weighted by Gasteiger charge is 2.48. The molecule has 0 aromatic heterocycles. The van der Waals surface area contributed by atoms with Gasteiger partial charge in [0.2, 0.25) is 0 Å². The van der Waals surface area contributed by atoms with Crippen LogP contribution in [-0.2, 0) is 9.47 Å². The molecule has 2 saturated heterocycles. The normalized spacial score (nSPS) is 25.5. The summed E-state index contributed by atoms with van der Waals surface area (Å²) in [7, 11) is 0. The first kappa shape index (κ1) is 23.1. The number of ether oxygens (including phenoxy) is 2. The number of benzene rings is 2. The van der Waals surface area contributed by atoms with Crippen LogP contribution in [-0.4, -0.2) is 53.6 Å². The Morgan fingerprint density at radius 2 is 1.65 bits per heavy atom. The molecule has 2 heterocycles. The van der Waals surface area contributed by atoms with E-state index in [4.69, 9.17) is 9.47 Å². The third kappa shape index (κ3) is 4.51. The van der Waals surface area contributed by atoms with Crippen molar-refractivity contribution in [1.29, 1.82) is 0 Å². The van der Waals surface area contributed by atoms with Crippen molar-refractivity contribution in [2.75, 3.05) is 19.8 Å². The van der Waals surface area contributed by atoms with Gasteiger partial charge in [-0.1, -0.05) is 67.4 Å². The van der Waals surface area contributed by atoms with Crippen LogP contribution in [0.3, 0.4) is 0 Å². The van der Waals surface area contributed by atoms with Crippen LogP contribution in [0.5, 0.6) is 0 Å². The molecule has 1 amide bonds. The fraction of sp³-hybridized carbons (Fsp3) is 0.483. The Kier molecular flexibility index (Phi) is 6.75. The van der Waals surface area contributed by atoms with Gasteiger partial charge in [-0.25, -0.2) is 4.79 Å². The number of carbonyl (C=O) groups excluding carboxylic acids is 1. The number of nitrogens with zero attached hydrogens (tertiary/aromatic N) is 1. The van der Waals surface area contributed by atoms with Crippen LogP contribution in [0.2, 0.25) is 0 Å². The molecule has 0 saturated carbocycles. The largest absolute Gasteiger partial charge is 0.448 e. The number of amides is 1. The van der Waals surface area contributed by atoms with Crippen molar-refractivity contribution < 1.29 is 19.4 Å². The molecule has 1 aliphatic carbocycles. The van der Waals surface area contributed by atoms with Crippen LogP contribution in [0, 0.1) is 0 Å². The molecule has 180 valence electrons. The van der Waals surface area contributed by atoms with Gasteiger partial charge in [-0.15, -0.1) is 6.58 Å². The van der Waals surface area contributed by atoms with Crippen LogP contribution < -0.4 is 0 Å². The second-order valence-corrected chi connectivity index (χ2v) is 10.1. The summed E-state index contributed by atoms with van der Waals surface area (Å²) in [5, 5.41) is 11.3. The monoisotopic (exact) mass is 461 g/mol. The topological polar surface area (TPSA) is 59.0 Å². The molecule has 5 nitrogen and oxygen atoms in total. The highest BCUT2D eigenvalue weighted by molar-refractivity contribution is 5.79. The highest BCUT2D eigenvalue weighted by Crippen LogP contribution is 2.45. The number of unbranched alkanes of at least 4 members (excludes halogenated alkanes) is 3. The second kappa shape index (κ2) is 9.93. The number of carbonyl (C=O) groups is 1. The number of piperidine rings is 1. The third-order valence-electron chi connectivity index (χ3n) is 7.74. The molecule has 0 radical (unpaired) electrons. The molecular formula is C29H35NO4. The minimum Gasteiger partial charge on any atom is -0.448 e. The summed E-state index contributed by atoms with van der Waals surface area (Å²) in [6.07, 6.45) is 7.76. The Bertz CT molecular complexity index is 975. The van der Waals surface area contributed by atoms with Crippen molar-refractivity contribution in [2.24, 2.45) is 0 Å². The van der Waals surface area contributed by atoms with Crippen molar-refractivity contribution in [3.63, 3.8) is 0 Å². The lowest BCUT2D eigenvalue weighted by Crippen LogP contribution is -2.63. The Morgan fingerprint density at radius 3 is 2.26 bits per heavy atom. The van der Waals surface area contributed by atoms with E-state index < -0.39 is 5.60 Å². The lowest BCUT2D eigenvalue weighted by atomic mass is 9.78. The van der Waals surface area contributed by atoms with Crippen LogP contribution in [0.1, 0.15) is 62.0 Å². The zero-order valence-corrected chi connectivity index (χ0v) is 19.8. The van der Waals surface area contributed by atoms with E-state index in [1.165, 1.54) is 22.3 Å². The molecule has 2 aromatic rings. The summed E-state index contributed by atoms with van der Waals surface area (Å²) in [5.74, 6) is 0.0460. The lowest BCUT2D eigenvalue weighted by molar-refractivity contribution is -0.135. The van der Waals surface area contributed by atoms with Gasteiger partial charge in [0, 0.05) is 5.92 Å². The molecule has 2 fully saturated rings. The number of fused-ring (bicyclic) bond motifs is 5. The molecule has 2 aromatic carbocycles. The maximum Gasteiger partial charge on any atom is 0.410 e. The first-order valence-corrected chi connectivity index (χ1v) is 12.6. The first-order chi connectivity index (χ1) is 16.6. The van der Waals surface area contributed by atoms with Crippen LogP contribution in [0.25, 0.3) is 11.1 Å². The third-order valence-corrected chi connectivity index (χ3v) is 7.74. The highest BCUT2D eigenvalue weighted by atomic mass is 16.6. The number of morpholine rings is 1. The van der Waals surface area contributed by atoms with Gasteiger partial charge in [0.25, 0.3) is 0 Å². The first-order valence-electron chi connectivity index (χ1n) is 12.6. The molecule has 5 heteroatoms. The van der Waals surface area contributed by atoms with E-state index in [0.717, 1.165) is 32.1 Å². The van der Waals surface area contributed by atoms with E-state index in [-0.39, 0.29) is 24.1 Å².